The van der Waals surface area contributed by atoms with E-state index in [9.17, 15) is 27.6 Å². The van der Waals surface area contributed by atoms with Gasteiger partial charge in [0.2, 0.25) is 0 Å². The molecule has 0 amide bonds. The second-order valence-electron chi connectivity index (χ2n) is 11.1. The third-order valence-electron chi connectivity index (χ3n) is 8.38. The van der Waals surface area contributed by atoms with Crippen LogP contribution >= 0.6 is 0 Å². The van der Waals surface area contributed by atoms with Crippen molar-refractivity contribution in [2.24, 2.45) is 0 Å². The molecule has 45 heavy (non-hydrogen) atoms. The Morgan fingerprint density at radius 3 is 1.98 bits per heavy atom. The van der Waals surface area contributed by atoms with Crippen LogP contribution in [0.2, 0.25) is 0 Å². The van der Waals surface area contributed by atoms with E-state index >= 15 is 0 Å². The molecule has 0 atom stereocenters. The number of hydrogen-bond acceptors (Lipinski definition) is 5. The molecule has 7 rings (SSSR count). The summed E-state index contributed by atoms with van der Waals surface area (Å²) in [4.78, 5) is 38.6. The molecule has 224 valence electrons. The highest BCUT2D eigenvalue weighted by molar-refractivity contribution is 6.26. The summed E-state index contributed by atoms with van der Waals surface area (Å²) in [7, 11) is 0. The molecule has 0 saturated carbocycles. The standard InChI is InChI=1S/C36H24F3NO5/c1-19-15-24(16-20(2)29(19)18-41)44-14-13-40-34(42)26-9-8-25-28-17-22(21-3-6-23(7-4-21)36(37,38)39)5-11-30(28)45-31-12-10-27(35(40)43)32(26)33(25)31/h3-12,15-18H,13-14H2,1-2H3. The van der Waals surface area contributed by atoms with Gasteiger partial charge in [0.05, 0.1) is 12.1 Å². The number of hydrogen-bond donors (Lipinski definition) is 0. The number of nitrogens with zero attached hydrogens (tertiary/aromatic N) is 1. The van der Waals surface area contributed by atoms with Crippen LogP contribution in [0.5, 0.6) is 5.75 Å². The summed E-state index contributed by atoms with van der Waals surface area (Å²) in [6.45, 7) is 3.71. The van der Waals surface area contributed by atoms with Crippen molar-refractivity contribution in [2.45, 2.75) is 26.6 Å². The molecule has 6 nitrogen and oxygen atoms in total. The summed E-state index contributed by atoms with van der Waals surface area (Å²) in [6, 6.07) is 20.7. The van der Waals surface area contributed by atoms with Gasteiger partial charge in [0.15, 0.2) is 6.29 Å². The average molecular weight is 608 g/mol. The van der Waals surface area contributed by atoms with E-state index in [4.69, 9.17) is 9.15 Å². The Hall–Kier alpha value is -5.44. The molecule has 9 heteroatoms. The lowest BCUT2D eigenvalue weighted by Gasteiger charge is -2.15. The number of benzene rings is 5. The molecule has 0 spiro atoms. The zero-order chi connectivity index (χ0) is 31.6. The van der Waals surface area contributed by atoms with Gasteiger partial charge >= 0.3 is 6.18 Å². The molecule has 2 heterocycles. The third kappa shape index (κ3) is 4.63. The Morgan fingerprint density at radius 1 is 0.733 bits per heavy atom. The van der Waals surface area contributed by atoms with Gasteiger partial charge in [-0.3, -0.25) is 19.0 Å². The molecular formula is C36H24F3NO5. The lowest BCUT2D eigenvalue weighted by atomic mass is 9.95. The van der Waals surface area contributed by atoms with Crippen LogP contribution in [0.15, 0.2) is 92.9 Å². The molecule has 0 aliphatic carbocycles. The van der Waals surface area contributed by atoms with Crippen LogP contribution < -0.4 is 15.9 Å². The van der Waals surface area contributed by atoms with Gasteiger partial charge in [-0.25, -0.2) is 0 Å². The summed E-state index contributed by atoms with van der Waals surface area (Å²) < 4.78 is 52.5. The maximum atomic E-state index is 13.6. The van der Waals surface area contributed by atoms with E-state index < -0.39 is 22.9 Å². The Balaban J connectivity index is 1.31. The van der Waals surface area contributed by atoms with Crippen LogP contribution in [0.3, 0.4) is 0 Å². The minimum atomic E-state index is -4.43. The SMILES string of the molecule is Cc1cc(OCCn2c(=O)c3ccc4oc5ccc(-c6ccc(C(F)(F)F)cc6)cc5c5ccc(c2=O)c3c45)cc(C)c1C=O. The topological polar surface area (TPSA) is 78.5 Å². The Morgan fingerprint density at radius 2 is 1.33 bits per heavy atom. The van der Waals surface area contributed by atoms with E-state index in [1.54, 1.807) is 42.5 Å². The Kier molecular flexibility index (Phi) is 6.51. The van der Waals surface area contributed by atoms with Gasteiger partial charge in [-0.2, -0.15) is 13.2 Å². The van der Waals surface area contributed by atoms with Gasteiger partial charge in [-0.1, -0.05) is 24.3 Å². The third-order valence-corrected chi connectivity index (χ3v) is 8.38. The lowest BCUT2D eigenvalue weighted by molar-refractivity contribution is -0.137. The number of alkyl halides is 3. The van der Waals surface area contributed by atoms with Crippen molar-refractivity contribution in [1.29, 1.82) is 0 Å². The van der Waals surface area contributed by atoms with Crippen molar-refractivity contribution in [2.75, 3.05) is 6.61 Å². The number of aldehydes is 1. The van der Waals surface area contributed by atoms with Gasteiger partial charge in [-0.05, 0) is 96.1 Å². The molecule has 0 N–H and O–H groups in total. The van der Waals surface area contributed by atoms with E-state index in [-0.39, 0.29) is 13.2 Å². The van der Waals surface area contributed by atoms with E-state index in [1.807, 2.05) is 26.0 Å². The smallest absolute Gasteiger partial charge is 0.416 e. The molecular weight excluding hydrogens is 583 g/mol. The van der Waals surface area contributed by atoms with Crippen LogP contribution in [0.25, 0.3) is 54.6 Å². The van der Waals surface area contributed by atoms with Crippen molar-refractivity contribution in [3.8, 4) is 16.9 Å². The number of pyridine rings is 1. The first-order valence-electron chi connectivity index (χ1n) is 14.2. The van der Waals surface area contributed by atoms with E-state index in [0.29, 0.717) is 60.5 Å². The molecule has 0 bridgehead atoms. The molecule has 0 saturated heterocycles. The number of carbonyl (C=O) groups excluding carboxylic acids is 1. The van der Waals surface area contributed by atoms with Gasteiger partial charge in [0.25, 0.3) is 11.1 Å². The summed E-state index contributed by atoms with van der Waals surface area (Å²) >= 11 is 0. The van der Waals surface area contributed by atoms with Gasteiger partial charge in [-0.15, -0.1) is 0 Å². The fraction of sp³-hybridized carbons (Fsp3) is 0.139. The van der Waals surface area contributed by atoms with E-state index in [2.05, 4.69) is 0 Å². The van der Waals surface area contributed by atoms with Crippen LogP contribution in [0.4, 0.5) is 13.2 Å². The molecule has 2 aromatic heterocycles. The van der Waals surface area contributed by atoms with Crippen molar-refractivity contribution in [1.82, 2.24) is 4.57 Å². The molecule has 5 aromatic carbocycles. The van der Waals surface area contributed by atoms with Crippen molar-refractivity contribution < 1.29 is 27.1 Å². The number of aromatic nitrogens is 1. The zero-order valence-electron chi connectivity index (χ0n) is 24.1. The molecule has 7 aromatic rings. The Labute approximate surface area is 253 Å². The minimum Gasteiger partial charge on any atom is -0.492 e. The summed E-state index contributed by atoms with van der Waals surface area (Å²) in [5.41, 5.74) is 2.87. The van der Waals surface area contributed by atoms with Crippen LogP contribution in [0, 0.1) is 13.8 Å². The van der Waals surface area contributed by atoms with E-state index in [0.717, 1.165) is 34.9 Å². The molecule has 0 aliphatic rings. The molecule has 0 fully saturated rings. The minimum absolute atomic E-state index is 0.0193. The molecule has 0 radical (unpaired) electrons. The van der Waals surface area contributed by atoms with Crippen LogP contribution in [0.1, 0.15) is 27.0 Å². The zero-order valence-corrected chi connectivity index (χ0v) is 24.1. The predicted molar refractivity (Wildman–Crippen MR) is 168 cm³/mol. The van der Waals surface area contributed by atoms with Gasteiger partial charge < -0.3 is 9.15 Å². The average Bonchev–Trinajstić information content (AvgIpc) is 3.01. The van der Waals surface area contributed by atoms with Gasteiger partial charge in [0, 0.05) is 32.5 Å². The maximum absolute atomic E-state index is 13.6. The number of carbonyl (C=O) groups is 1. The summed E-state index contributed by atoms with van der Waals surface area (Å²) in [6.07, 6.45) is -3.63. The predicted octanol–water partition coefficient (Wildman–Crippen LogP) is 8.05. The number of fused-ring (bicyclic) bond motifs is 2. The second-order valence-corrected chi connectivity index (χ2v) is 11.1. The quantitative estimate of drug-likeness (QED) is 0.109. The monoisotopic (exact) mass is 607 g/mol. The first-order valence-corrected chi connectivity index (χ1v) is 14.2. The summed E-state index contributed by atoms with van der Waals surface area (Å²) in [5.74, 6) is 0.540. The van der Waals surface area contributed by atoms with E-state index in [1.165, 1.54) is 16.7 Å². The van der Waals surface area contributed by atoms with Crippen molar-refractivity contribution in [3.05, 3.63) is 122 Å². The van der Waals surface area contributed by atoms with Crippen molar-refractivity contribution in [3.63, 3.8) is 0 Å². The summed E-state index contributed by atoms with van der Waals surface area (Å²) in [5, 5.41) is 3.30. The number of ether oxygens (including phenoxy) is 1. The normalized spacial score (nSPS) is 12.1. The van der Waals surface area contributed by atoms with Crippen LogP contribution in [-0.4, -0.2) is 17.5 Å². The lowest BCUT2D eigenvalue weighted by Crippen LogP contribution is -2.35. The van der Waals surface area contributed by atoms with Crippen LogP contribution in [-0.2, 0) is 12.7 Å². The number of aryl methyl sites for hydroxylation is 2. The largest absolute Gasteiger partial charge is 0.492 e. The van der Waals surface area contributed by atoms with Gasteiger partial charge in [0.1, 0.15) is 23.5 Å². The first-order chi connectivity index (χ1) is 21.5. The highest BCUT2D eigenvalue weighted by atomic mass is 19.4. The fourth-order valence-electron chi connectivity index (χ4n) is 6.15. The first kappa shape index (κ1) is 28.3. The number of halogens is 3. The highest BCUT2D eigenvalue weighted by Crippen LogP contribution is 2.38. The number of rotatable bonds is 6. The maximum Gasteiger partial charge on any atom is 0.416 e. The second kappa shape index (κ2) is 10.3. The Bertz CT molecular complexity index is 2370. The molecule has 0 aliphatic heterocycles. The fourth-order valence-corrected chi connectivity index (χ4v) is 6.15. The highest BCUT2D eigenvalue weighted by Gasteiger charge is 2.30. The van der Waals surface area contributed by atoms with Crippen molar-refractivity contribution >= 4 is 49.8 Å². The molecule has 0 unspecified atom stereocenters.